The van der Waals surface area contributed by atoms with Crippen molar-refractivity contribution in [1.82, 2.24) is 14.9 Å². The Morgan fingerprint density at radius 2 is 2.14 bits per heavy atom. The van der Waals surface area contributed by atoms with E-state index < -0.39 is 0 Å². The average molecular weight is 291 g/mol. The maximum absolute atomic E-state index is 12.2. The van der Waals surface area contributed by atoms with Gasteiger partial charge in [0.15, 0.2) is 0 Å². The smallest absolute Gasteiger partial charge is 0.242 e. The number of nitrogens with zero attached hydrogens (tertiary/aromatic N) is 4. The zero-order valence-corrected chi connectivity index (χ0v) is 13.2. The first-order chi connectivity index (χ1) is 10.1. The molecule has 1 amide bonds. The lowest BCUT2D eigenvalue weighted by Gasteiger charge is -2.23. The second kappa shape index (κ2) is 7.24. The molecule has 2 rings (SSSR count). The molecule has 0 saturated carbocycles. The number of aryl methyl sites for hydroxylation is 1. The van der Waals surface area contributed by atoms with Gasteiger partial charge in [-0.3, -0.25) is 4.79 Å². The van der Waals surface area contributed by atoms with Crippen LogP contribution in [-0.4, -0.2) is 54.0 Å². The van der Waals surface area contributed by atoms with E-state index in [1.54, 1.807) is 6.20 Å². The highest BCUT2D eigenvalue weighted by atomic mass is 16.2. The fourth-order valence-electron chi connectivity index (χ4n) is 2.49. The van der Waals surface area contributed by atoms with Crippen LogP contribution in [0.4, 0.5) is 11.8 Å². The standard InChI is InChI=1S/C15H25N5O/c1-4-7-16-15-17-10-12(2)14(18-15)19(3)11-13(21)20-8-5-6-9-20/h10H,4-9,11H2,1-3H3,(H,16,17,18). The lowest BCUT2D eigenvalue weighted by Crippen LogP contribution is -2.37. The lowest BCUT2D eigenvalue weighted by molar-refractivity contribution is -0.128. The van der Waals surface area contributed by atoms with Crippen LogP contribution >= 0.6 is 0 Å². The molecule has 1 fully saturated rings. The molecule has 1 aliphatic rings. The predicted molar refractivity (Wildman–Crippen MR) is 84.6 cm³/mol. The van der Waals surface area contributed by atoms with Gasteiger partial charge in [0.25, 0.3) is 0 Å². The van der Waals surface area contributed by atoms with Gasteiger partial charge in [-0.2, -0.15) is 4.98 Å². The van der Waals surface area contributed by atoms with E-state index in [4.69, 9.17) is 0 Å². The van der Waals surface area contributed by atoms with E-state index in [0.717, 1.165) is 50.3 Å². The van der Waals surface area contributed by atoms with E-state index >= 15 is 0 Å². The Morgan fingerprint density at radius 1 is 1.43 bits per heavy atom. The molecular weight excluding hydrogens is 266 g/mol. The minimum atomic E-state index is 0.177. The summed E-state index contributed by atoms with van der Waals surface area (Å²) in [4.78, 5) is 24.9. The molecule has 0 atom stereocenters. The van der Waals surface area contributed by atoms with Crippen molar-refractivity contribution < 1.29 is 4.79 Å². The third-order valence-corrected chi connectivity index (χ3v) is 3.67. The maximum atomic E-state index is 12.2. The molecule has 6 nitrogen and oxygen atoms in total. The van der Waals surface area contributed by atoms with Gasteiger partial charge in [-0.05, 0) is 26.2 Å². The molecule has 116 valence electrons. The summed E-state index contributed by atoms with van der Waals surface area (Å²) >= 11 is 0. The first-order valence-electron chi connectivity index (χ1n) is 7.68. The number of hydrogen-bond donors (Lipinski definition) is 1. The molecule has 1 saturated heterocycles. The van der Waals surface area contributed by atoms with E-state index in [-0.39, 0.29) is 5.91 Å². The van der Waals surface area contributed by atoms with Crippen molar-refractivity contribution in [2.24, 2.45) is 0 Å². The van der Waals surface area contributed by atoms with Gasteiger partial charge in [0.2, 0.25) is 11.9 Å². The SMILES string of the molecule is CCCNc1ncc(C)c(N(C)CC(=O)N2CCCC2)n1. The molecule has 1 N–H and O–H groups in total. The van der Waals surface area contributed by atoms with Gasteiger partial charge >= 0.3 is 0 Å². The van der Waals surface area contributed by atoms with Gasteiger partial charge in [0.05, 0.1) is 6.54 Å². The van der Waals surface area contributed by atoms with Gasteiger partial charge < -0.3 is 15.1 Å². The molecule has 2 heterocycles. The molecular formula is C15H25N5O. The summed E-state index contributed by atoms with van der Waals surface area (Å²) < 4.78 is 0. The van der Waals surface area contributed by atoms with Crippen LogP contribution in [0.1, 0.15) is 31.7 Å². The second-order valence-electron chi connectivity index (χ2n) is 5.57. The average Bonchev–Trinajstić information content (AvgIpc) is 3.00. The summed E-state index contributed by atoms with van der Waals surface area (Å²) in [5.74, 6) is 1.62. The van der Waals surface area contributed by atoms with Crippen LogP contribution in [0.2, 0.25) is 0 Å². The Kier molecular flexibility index (Phi) is 5.36. The monoisotopic (exact) mass is 291 g/mol. The van der Waals surface area contributed by atoms with Gasteiger partial charge in [-0.25, -0.2) is 4.98 Å². The molecule has 0 bridgehead atoms. The molecule has 6 heteroatoms. The number of carbonyl (C=O) groups excluding carboxylic acids is 1. The summed E-state index contributed by atoms with van der Waals surface area (Å²) in [6.07, 6.45) is 5.06. The third kappa shape index (κ3) is 4.06. The second-order valence-corrected chi connectivity index (χ2v) is 5.57. The normalized spacial score (nSPS) is 14.3. The van der Waals surface area contributed by atoms with E-state index in [0.29, 0.717) is 12.5 Å². The number of anilines is 2. The molecule has 0 aromatic carbocycles. The molecule has 0 aliphatic carbocycles. The number of rotatable bonds is 6. The summed E-state index contributed by atoms with van der Waals surface area (Å²) in [6.45, 7) is 7.06. The minimum absolute atomic E-state index is 0.177. The Bertz CT molecular complexity index is 485. The Labute approximate surface area is 126 Å². The predicted octanol–water partition coefficient (Wildman–Crippen LogP) is 1.67. The van der Waals surface area contributed by atoms with Gasteiger partial charge in [-0.15, -0.1) is 0 Å². The van der Waals surface area contributed by atoms with Crippen molar-refractivity contribution in [2.75, 3.05) is 43.4 Å². The van der Waals surface area contributed by atoms with Gasteiger partial charge in [0.1, 0.15) is 5.82 Å². The highest BCUT2D eigenvalue weighted by Crippen LogP contribution is 2.17. The fourth-order valence-corrected chi connectivity index (χ4v) is 2.49. The number of hydrogen-bond acceptors (Lipinski definition) is 5. The van der Waals surface area contributed by atoms with E-state index in [2.05, 4.69) is 22.2 Å². The first-order valence-corrected chi connectivity index (χ1v) is 7.68. The van der Waals surface area contributed by atoms with Crippen molar-refractivity contribution in [3.05, 3.63) is 11.8 Å². The fraction of sp³-hybridized carbons (Fsp3) is 0.667. The highest BCUT2D eigenvalue weighted by molar-refractivity contribution is 5.81. The van der Waals surface area contributed by atoms with Gasteiger partial charge in [-0.1, -0.05) is 6.92 Å². The number of amides is 1. The van der Waals surface area contributed by atoms with Crippen molar-refractivity contribution in [2.45, 2.75) is 33.1 Å². The van der Waals surface area contributed by atoms with Crippen molar-refractivity contribution in [3.8, 4) is 0 Å². The zero-order valence-electron chi connectivity index (χ0n) is 13.2. The Morgan fingerprint density at radius 3 is 2.81 bits per heavy atom. The minimum Gasteiger partial charge on any atom is -0.354 e. The van der Waals surface area contributed by atoms with Crippen molar-refractivity contribution >= 4 is 17.7 Å². The van der Waals surface area contributed by atoms with Crippen LogP contribution in [0.25, 0.3) is 0 Å². The summed E-state index contributed by atoms with van der Waals surface area (Å²) in [5.41, 5.74) is 0.980. The quantitative estimate of drug-likeness (QED) is 0.864. The van der Waals surface area contributed by atoms with Crippen molar-refractivity contribution in [3.63, 3.8) is 0 Å². The Balaban J connectivity index is 2.03. The first kappa shape index (κ1) is 15.5. The topological polar surface area (TPSA) is 61.4 Å². The largest absolute Gasteiger partial charge is 0.354 e. The van der Waals surface area contributed by atoms with Crippen LogP contribution in [0, 0.1) is 6.92 Å². The molecule has 1 aromatic heterocycles. The van der Waals surface area contributed by atoms with Crippen LogP contribution in [-0.2, 0) is 4.79 Å². The van der Waals surface area contributed by atoms with E-state index in [9.17, 15) is 4.79 Å². The van der Waals surface area contributed by atoms with Crippen LogP contribution in [0.3, 0.4) is 0 Å². The summed E-state index contributed by atoms with van der Waals surface area (Å²) in [6, 6.07) is 0. The van der Waals surface area contributed by atoms with Crippen LogP contribution in [0.15, 0.2) is 6.20 Å². The molecule has 0 spiro atoms. The summed E-state index contributed by atoms with van der Waals surface area (Å²) in [7, 11) is 1.91. The molecule has 1 aromatic rings. The van der Waals surface area contributed by atoms with E-state index in [1.807, 2.05) is 23.8 Å². The number of likely N-dealkylation sites (N-methyl/N-ethyl adjacent to an activating group) is 1. The molecule has 0 unspecified atom stereocenters. The lowest BCUT2D eigenvalue weighted by atomic mass is 10.3. The molecule has 1 aliphatic heterocycles. The summed E-state index contributed by atoms with van der Waals surface area (Å²) in [5, 5.41) is 3.18. The number of carbonyl (C=O) groups is 1. The number of likely N-dealkylation sites (tertiary alicyclic amines) is 1. The van der Waals surface area contributed by atoms with Gasteiger partial charge in [0, 0.05) is 38.4 Å². The number of aromatic nitrogens is 2. The van der Waals surface area contributed by atoms with Crippen molar-refractivity contribution in [1.29, 1.82) is 0 Å². The number of nitrogens with one attached hydrogen (secondary N) is 1. The highest BCUT2D eigenvalue weighted by Gasteiger charge is 2.20. The van der Waals surface area contributed by atoms with Crippen LogP contribution in [0.5, 0.6) is 0 Å². The van der Waals surface area contributed by atoms with E-state index in [1.165, 1.54) is 0 Å². The van der Waals surface area contributed by atoms with Crippen LogP contribution < -0.4 is 10.2 Å². The zero-order chi connectivity index (χ0) is 15.2. The maximum Gasteiger partial charge on any atom is 0.242 e. The third-order valence-electron chi connectivity index (χ3n) is 3.67. The molecule has 0 radical (unpaired) electrons. The molecule has 21 heavy (non-hydrogen) atoms. The Hall–Kier alpha value is -1.85.